The zero-order valence-corrected chi connectivity index (χ0v) is 14.3. The number of hydrogen-bond acceptors (Lipinski definition) is 5. The molecule has 0 fully saturated rings. The molecule has 1 amide bonds. The van der Waals surface area contributed by atoms with Crippen LogP contribution in [-0.4, -0.2) is 49.6 Å². The summed E-state index contributed by atoms with van der Waals surface area (Å²) in [7, 11) is 3.94. The number of ether oxygens (including phenoxy) is 2. The van der Waals surface area contributed by atoms with Crippen LogP contribution in [0.15, 0.2) is 42.7 Å². The minimum Gasteiger partial charge on any atom is -0.493 e. The topological polar surface area (TPSA) is 63.7 Å². The lowest BCUT2D eigenvalue weighted by molar-refractivity contribution is 0.101. The molecule has 0 saturated heterocycles. The van der Waals surface area contributed by atoms with Gasteiger partial charge in [0.05, 0.1) is 6.61 Å². The number of anilines is 1. The van der Waals surface area contributed by atoms with E-state index in [0.717, 1.165) is 6.54 Å². The van der Waals surface area contributed by atoms with E-state index in [9.17, 15) is 4.79 Å². The second-order valence-electron chi connectivity index (χ2n) is 5.40. The van der Waals surface area contributed by atoms with Crippen molar-refractivity contribution in [2.45, 2.75) is 6.92 Å². The summed E-state index contributed by atoms with van der Waals surface area (Å²) in [5.41, 5.74) is 1.07. The van der Waals surface area contributed by atoms with E-state index in [1.165, 1.54) is 0 Å². The molecule has 0 radical (unpaired) electrons. The van der Waals surface area contributed by atoms with Crippen LogP contribution >= 0.6 is 0 Å². The first-order valence-corrected chi connectivity index (χ1v) is 7.86. The fraction of sp³-hybridized carbons (Fsp3) is 0.333. The fourth-order valence-corrected chi connectivity index (χ4v) is 2.10. The predicted molar refractivity (Wildman–Crippen MR) is 93.9 cm³/mol. The van der Waals surface area contributed by atoms with Gasteiger partial charge in [0.2, 0.25) is 0 Å². The molecule has 24 heavy (non-hydrogen) atoms. The van der Waals surface area contributed by atoms with Gasteiger partial charge < -0.3 is 19.7 Å². The maximum Gasteiger partial charge on any atom is 0.263 e. The highest BCUT2D eigenvalue weighted by Crippen LogP contribution is 2.29. The molecule has 6 nitrogen and oxygen atoms in total. The molecular weight excluding hydrogens is 306 g/mol. The number of likely N-dealkylation sites (N-methyl/N-ethyl adjacent to an activating group) is 1. The summed E-state index contributed by atoms with van der Waals surface area (Å²) in [6.45, 7) is 3.59. The molecule has 2 aromatic rings. The third-order valence-corrected chi connectivity index (χ3v) is 3.25. The Labute approximate surface area is 142 Å². The maximum absolute atomic E-state index is 12.7. The minimum atomic E-state index is -0.273. The quantitative estimate of drug-likeness (QED) is 0.807. The van der Waals surface area contributed by atoms with E-state index in [2.05, 4.69) is 10.3 Å². The number of pyridine rings is 1. The molecule has 0 saturated carbocycles. The molecule has 0 unspecified atom stereocenters. The maximum atomic E-state index is 12.7. The lowest BCUT2D eigenvalue weighted by Gasteiger charge is -2.16. The molecule has 128 valence electrons. The number of aromatic nitrogens is 1. The average molecular weight is 329 g/mol. The fourth-order valence-electron chi connectivity index (χ4n) is 2.10. The Kier molecular flexibility index (Phi) is 6.57. The summed E-state index contributed by atoms with van der Waals surface area (Å²) < 4.78 is 11.4. The first kappa shape index (κ1) is 17.7. The van der Waals surface area contributed by atoms with Gasteiger partial charge in [-0.1, -0.05) is 6.07 Å². The van der Waals surface area contributed by atoms with E-state index in [0.29, 0.717) is 36.0 Å². The van der Waals surface area contributed by atoms with Gasteiger partial charge in [0, 0.05) is 24.6 Å². The van der Waals surface area contributed by atoms with Gasteiger partial charge >= 0.3 is 0 Å². The van der Waals surface area contributed by atoms with Crippen LogP contribution in [0.4, 0.5) is 5.69 Å². The summed E-state index contributed by atoms with van der Waals surface area (Å²) in [4.78, 5) is 18.7. The Morgan fingerprint density at radius 2 is 1.79 bits per heavy atom. The summed E-state index contributed by atoms with van der Waals surface area (Å²) >= 11 is 0. The predicted octanol–water partition coefficient (Wildman–Crippen LogP) is 2.67. The standard InChI is InChI=1S/C18H23N3O3/c1-4-23-15-6-5-7-16(24-13-12-21(2)3)17(15)18(22)20-14-8-10-19-11-9-14/h5-11H,4,12-13H2,1-3H3,(H,19,20,22). The van der Waals surface area contributed by atoms with Gasteiger partial charge in [-0.3, -0.25) is 9.78 Å². The number of nitrogens with one attached hydrogen (secondary N) is 1. The van der Waals surface area contributed by atoms with Gasteiger partial charge in [0.15, 0.2) is 0 Å². The van der Waals surface area contributed by atoms with E-state index < -0.39 is 0 Å². The van der Waals surface area contributed by atoms with E-state index in [4.69, 9.17) is 9.47 Å². The molecule has 0 spiro atoms. The normalized spacial score (nSPS) is 10.5. The van der Waals surface area contributed by atoms with Gasteiger partial charge in [0.1, 0.15) is 23.7 Å². The third-order valence-electron chi connectivity index (χ3n) is 3.25. The Bertz CT molecular complexity index is 660. The van der Waals surface area contributed by atoms with Gasteiger partial charge in [-0.05, 0) is 45.3 Å². The van der Waals surface area contributed by atoms with Crippen LogP contribution in [0.2, 0.25) is 0 Å². The second-order valence-corrected chi connectivity index (χ2v) is 5.40. The highest BCUT2D eigenvalue weighted by Gasteiger charge is 2.19. The van der Waals surface area contributed by atoms with Crippen LogP contribution in [0.25, 0.3) is 0 Å². The zero-order chi connectivity index (χ0) is 17.4. The monoisotopic (exact) mass is 329 g/mol. The van der Waals surface area contributed by atoms with Crippen LogP contribution in [0.5, 0.6) is 11.5 Å². The Balaban J connectivity index is 2.24. The molecule has 1 aromatic heterocycles. The van der Waals surface area contributed by atoms with E-state index in [1.807, 2.05) is 32.0 Å². The van der Waals surface area contributed by atoms with Gasteiger partial charge in [-0.2, -0.15) is 0 Å². The summed E-state index contributed by atoms with van der Waals surface area (Å²) in [6.07, 6.45) is 3.25. The molecule has 1 heterocycles. The van der Waals surface area contributed by atoms with Crippen LogP contribution in [0.3, 0.4) is 0 Å². The second kappa shape index (κ2) is 8.88. The summed E-state index contributed by atoms with van der Waals surface area (Å²) in [5, 5.41) is 2.85. The van der Waals surface area contributed by atoms with E-state index in [-0.39, 0.29) is 5.91 Å². The van der Waals surface area contributed by atoms with Gasteiger partial charge in [-0.15, -0.1) is 0 Å². The molecular formula is C18H23N3O3. The van der Waals surface area contributed by atoms with E-state index in [1.54, 1.807) is 36.7 Å². The number of benzene rings is 1. The number of carbonyl (C=O) groups is 1. The molecule has 0 aliphatic heterocycles. The van der Waals surface area contributed by atoms with Crippen molar-refractivity contribution in [1.82, 2.24) is 9.88 Å². The molecule has 1 aromatic carbocycles. The van der Waals surface area contributed by atoms with Crippen molar-refractivity contribution in [3.8, 4) is 11.5 Å². The highest BCUT2D eigenvalue weighted by atomic mass is 16.5. The van der Waals surface area contributed by atoms with Crippen LogP contribution in [-0.2, 0) is 0 Å². The van der Waals surface area contributed by atoms with Crippen LogP contribution in [0.1, 0.15) is 17.3 Å². The van der Waals surface area contributed by atoms with Crippen molar-refractivity contribution in [1.29, 1.82) is 0 Å². The largest absolute Gasteiger partial charge is 0.493 e. The van der Waals surface area contributed by atoms with Crippen molar-refractivity contribution in [3.63, 3.8) is 0 Å². The number of amides is 1. The molecule has 0 bridgehead atoms. The summed E-state index contributed by atoms with van der Waals surface area (Å²) in [6, 6.07) is 8.82. The van der Waals surface area contributed by atoms with Crippen LogP contribution in [0, 0.1) is 0 Å². The molecule has 2 rings (SSSR count). The zero-order valence-electron chi connectivity index (χ0n) is 14.3. The molecule has 0 atom stereocenters. The van der Waals surface area contributed by atoms with Crippen molar-refractivity contribution >= 4 is 11.6 Å². The smallest absolute Gasteiger partial charge is 0.263 e. The highest BCUT2D eigenvalue weighted by molar-refractivity contribution is 6.08. The van der Waals surface area contributed by atoms with Crippen LogP contribution < -0.4 is 14.8 Å². The minimum absolute atomic E-state index is 0.273. The van der Waals surface area contributed by atoms with E-state index >= 15 is 0 Å². The van der Waals surface area contributed by atoms with Crippen molar-refractivity contribution in [2.24, 2.45) is 0 Å². The lowest BCUT2D eigenvalue weighted by atomic mass is 10.1. The van der Waals surface area contributed by atoms with Crippen molar-refractivity contribution in [2.75, 3.05) is 39.2 Å². The summed E-state index contributed by atoms with van der Waals surface area (Å²) in [5.74, 6) is 0.742. The van der Waals surface area contributed by atoms with Crippen molar-refractivity contribution < 1.29 is 14.3 Å². The lowest BCUT2D eigenvalue weighted by Crippen LogP contribution is -2.21. The molecule has 0 aliphatic carbocycles. The number of carbonyl (C=O) groups excluding carboxylic acids is 1. The Morgan fingerprint density at radius 1 is 1.12 bits per heavy atom. The Morgan fingerprint density at radius 3 is 2.42 bits per heavy atom. The number of nitrogens with zero attached hydrogens (tertiary/aromatic N) is 2. The molecule has 1 N–H and O–H groups in total. The first-order valence-electron chi connectivity index (χ1n) is 7.86. The van der Waals surface area contributed by atoms with Gasteiger partial charge in [-0.25, -0.2) is 0 Å². The third kappa shape index (κ3) is 4.96. The van der Waals surface area contributed by atoms with Crippen molar-refractivity contribution in [3.05, 3.63) is 48.3 Å². The van der Waals surface area contributed by atoms with Gasteiger partial charge in [0.25, 0.3) is 5.91 Å². The molecule has 6 heteroatoms. The number of hydrogen-bond donors (Lipinski definition) is 1. The SMILES string of the molecule is CCOc1cccc(OCCN(C)C)c1C(=O)Nc1ccncc1. The average Bonchev–Trinajstić information content (AvgIpc) is 2.56. The Hall–Kier alpha value is -2.60. The molecule has 0 aliphatic rings. The number of rotatable bonds is 8. The first-order chi connectivity index (χ1) is 11.6.